The average Bonchev–Trinajstić information content (AvgIpc) is 2.50. The summed E-state index contributed by atoms with van der Waals surface area (Å²) in [5.41, 5.74) is 0. The highest BCUT2D eigenvalue weighted by atomic mass is 16.1. The highest BCUT2D eigenvalue weighted by molar-refractivity contribution is 5.83. The minimum Gasteiger partial charge on any atom is -0.299 e. The summed E-state index contributed by atoms with van der Waals surface area (Å²) in [6.45, 7) is 2.00. The van der Waals surface area contributed by atoms with Crippen LogP contribution in [0.3, 0.4) is 0 Å². The molecule has 0 radical (unpaired) electrons. The van der Waals surface area contributed by atoms with E-state index in [2.05, 4.69) is 18.1 Å². The Kier molecular flexibility index (Phi) is 9.55. The van der Waals surface area contributed by atoms with Crippen molar-refractivity contribution in [2.75, 3.05) is 0 Å². The van der Waals surface area contributed by atoms with Gasteiger partial charge < -0.3 is 0 Å². The van der Waals surface area contributed by atoms with Crippen molar-refractivity contribution in [1.29, 1.82) is 0 Å². The van der Waals surface area contributed by atoms with Crippen molar-refractivity contribution in [2.24, 2.45) is 11.8 Å². The molecule has 2 atom stereocenters. The van der Waals surface area contributed by atoms with Crippen molar-refractivity contribution in [3.63, 3.8) is 0 Å². The van der Waals surface area contributed by atoms with Gasteiger partial charge >= 0.3 is 0 Å². The first-order chi connectivity index (χ1) is 10.6. The number of hydrogen-bond donors (Lipinski definition) is 0. The Balaban J connectivity index is 2.58. The lowest BCUT2D eigenvalue weighted by atomic mass is 9.89. The zero-order valence-electron chi connectivity index (χ0n) is 14.0. The number of allylic oxidation sites excluding steroid dienone is 2. The number of terminal acetylenes is 1. The lowest BCUT2D eigenvalue weighted by Gasteiger charge is -2.14. The molecule has 0 fully saturated rings. The average molecular weight is 302 g/mol. The van der Waals surface area contributed by atoms with E-state index in [4.69, 9.17) is 6.42 Å². The first kappa shape index (κ1) is 18.7. The molecule has 0 saturated carbocycles. The van der Waals surface area contributed by atoms with Crippen molar-refractivity contribution < 1.29 is 9.59 Å². The van der Waals surface area contributed by atoms with Crippen molar-refractivity contribution >= 4 is 11.6 Å². The Morgan fingerprint density at radius 3 is 2.50 bits per heavy atom. The molecule has 0 amide bonds. The Hall–Kier alpha value is -1.36. The predicted molar refractivity (Wildman–Crippen MR) is 91.4 cm³/mol. The molecule has 1 aliphatic carbocycles. The number of carbonyl (C=O) groups excluding carboxylic acids is 2. The number of hydrogen-bond acceptors (Lipinski definition) is 2. The Bertz CT molecular complexity index is 414. The van der Waals surface area contributed by atoms with Gasteiger partial charge in [0.05, 0.1) is 0 Å². The highest BCUT2D eigenvalue weighted by Crippen LogP contribution is 2.20. The van der Waals surface area contributed by atoms with Gasteiger partial charge in [-0.25, -0.2) is 0 Å². The summed E-state index contributed by atoms with van der Waals surface area (Å²) in [6.07, 6.45) is 19.4. The zero-order chi connectivity index (χ0) is 16.2. The maximum absolute atomic E-state index is 12.3. The third kappa shape index (κ3) is 7.59. The molecule has 22 heavy (non-hydrogen) atoms. The van der Waals surface area contributed by atoms with E-state index in [1.165, 1.54) is 6.42 Å². The smallest absolute Gasteiger partial charge is 0.136 e. The molecule has 122 valence electrons. The van der Waals surface area contributed by atoms with Crippen molar-refractivity contribution in [1.82, 2.24) is 0 Å². The van der Waals surface area contributed by atoms with Crippen LogP contribution in [0.2, 0.25) is 0 Å². The second kappa shape index (κ2) is 11.2. The predicted octanol–water partition coefficient (Wildman–Crippen LogP) is 4.87. The molecule has 0 aliphatic heterocycles. The van der Waals surface area contributed by atoms with Crippen LogP contribution in [-0.2, 0) is 9.59 Å². The molecule has 2 unspecified atom stereocenters. The summed E-state index contributed by atoms with van der Waals surface area (Å²) in [6, 6.07) is 0. The van der Waals surface area contributed by atoms with E-state index in [1.807, 2.05) is 6.92 Å². The fourth-order valence-corrected chi connectivity index (χ4v) is 2.98. The van der Waals surface area contributed by atoms with E-state index < -0.39 is 0 Å². The van der Waals surface area contributed by atoms with Crippen molar-refractivity contribution in [3.8, 4) is 12.3 Å². The molecular formula is C20H30O2. The molecule has 0 aromatic heterocycles. The number of carbonyl (C=O) groups is 2. The first-order valence-corrected chi connectivity index (χ1v) is 8.79. The van der Waals surface area contributed by atoms with Crippen LogP contribution >= 0.6 is 0 Å². The lowest BCUT2D eigenvalue weighted by molar-refractivity contribution is -0.124. The van der Waals surface area contributed by atoms with Crippen LogP contribution in [0, 0.1) is 24.2 Å². The Morgan fingerprint density at radius 2 is 1.73 bits per heavy atom. The van der Waals surface area contributed by atoms with Crippen LogP contribution < -0.4 is 0 Å². The third-order valence-corrected chi connectivity index (χ3v) is 4.57. The summed E-state index contributed by atoms with van der Waals surface area (Å²) in [5, 5.41) is 0. The summed E-state index contributed by atoms with van der Waals surface area (Å²) >= 11 is 0. The molecule has 0 spiro atoms. The van der Waals surface area contributed by atoms with Crippen LogP contribution in [0.25, 0.3) is 0 Å². The van der Waals surface area contributed by atoms with Crippen LogP contribution in [0.5, 0.6) is 0 Å². The summed E-state index contributed by atoms with van der Waals surface area (Å²) < 4.78 is 0. The van der Waals surface area contributed by atoms with Crippen LogP contribution in [0.15, 0.2) is 12.2 Å². The topological polar surface area (TPSA) is 34.1 Å². The van der Waals surface area contributed by atoms with E-state index in [0.717, 1.165) is 38.5 Å². The molecule has 2 nitrogen and oxygen atoms in total. The molecule has 0 heterocycles. The van der Waals surface area contributed by atoms with E-state index in [1.54, 1.807) is 0 Å². The van der Waals surface area contributed by atoms with Gasteiger partial charge in [0.1, 0.15) is 11.6 Å². The van der Waals surface area contributed by atoms with Gasteiger partial charge in [0.2, 0.25) is 0 Å². The number of ketones is 2. The summed E-state index contributed by atoms with van der Waals surface area (Å²) in [4.78, 5) is 24.3. The van der Waals surface area contributed by atoms with Gasteiger partial charge in [-0.2, -0.15) is 0 Å². The van der Waals surface area contributed by atoms with Crippen LogP contribution in [0.1, 0.15) is 77.6 Å². The minimum absolute atomic E-state index is 0.000901. The van der Waals surface area contributed by atoms with Crippen LogP contribution in [0.4, 0.5) is 0 Å². The molecule has 2 heteroatoms. The second-order valence-corrected chi connectivity index (χ2v) is 6.48. The minimum atomic E-state index is 0.000901. The Labute approximate surface area is 135 Å². The van der Waals surface area contributed by atoms with Crippen molar-refractivity contribution in [3.05, 3.63) is 12.2 Å². The standard InChI is InChI=1S/C20H30O2/c1-3-12-18-14-10-8-6-4-5-7-9-13-17(2)19(21)15-11-16-20(18)22/h1,5,7,17-18H,4,6,8-16H2,2H3. The second-order valence-electron chi connectivity index (χ2n) is 6.48. The van der Waals surface area contributed by atoms with Gasteiger partial charge in [-0.05, 0) is 38.5 Å². The molecule has 0 N–H and O–H groups in total. The molecule has 0 bridgehead atoms. The molecule has 0 saturated heterocycles. The van der Waals surface area contributed by atoms with Gasteiger partial charge in [0.25, 0.3) is 0 Å². The summed E-state index contributed by atoms with van der Waals surface area (Å²) in [5.74, 6) is 3.29. The van der Waals surface area contributed by atoms with E-state index in [9.17, 15) is 9.59 Å². The monoisotopic (exact) mass is 302 g/mol. The van der Waals surface area contributed by atoms with Gasteiger partial charge in [-0.3, -0.25) is 9.59 Å². The third-order valence-electron chi connectivity index (χ3n) is 4.57. The van der Waals surface area contributed by atoms with Gasteiger partial charge in [-0.15, -0.1) is 12.3 Å². The van der Waals surface area contributed by atoms with Gasteiger partial charge in [-0.1, -0.05) is 31.9 Å². The van der Waals surface area contributed by atoms with Gasteiger partial charge in [0.15, 0.2) is 0 Å². The summed E-state index contributed by atoms with van der Waals surface area (Å²) in [7, 11) is 0. The quantitative estimate of drug-likeness (QED) is 0.511. The SMILES string of the molecule is C#CCC1CCCCCC=CCCC(C)C(=O)CCCC1=O. The molecule has 0 aromatic carbocycles. The molecular weight excluding hydrogens is 272 g/mol. The largest absolute Gasteiger partial charge is 0.299 e. The maximum Gasteiger partial charge on any atom is 0.136 e. The van der Waals surface area contributed by atoms with Crippen LogP contribution in [-0.4, -0.2) is 11.6 Å². The molecule has 1 rings (SSSR count). The first-order valence-electron chi connectivity index (χ1n) is 8.79. The number of Topliss-reactive ketones (excluding diaryl/α,β-unsaturated/α-hetero) is 2. The van der Waals surface area contributed by atoms with E-state index in [-0.39, 0.29) is 17.6 Å². The lowest BCUT2D eigenvalue weighted by Crippen LogP contribution is -2.16. The molecule has 0 aromatic rings. The van der Waals surface area contributed by atoms with E-state index in [0.29, 0.717) is 31.5 Å². The fraction of sp³-hybridized carbons (Fsp3) is 0.700. The van der Waals surface area contributed by atoms with Crippen molar-refractivity contribution in [2.45, 2.75) is 77.6 Å². The Morgan fingerprint density at radius 1 is 1.00 bits per heavy atom. The molecule has 1 aliphatic rings. The normalized spacial score (nSPS) is 26.5. The van der Waals surface area contributed by atoms with Gasteiger partial charge in [0, 0.05) is 31.1 Å². The number of rotatable bonds is 1. The zero-order valence-corrected chi connectivity index (χ0v) is 14.0. The fourth-order valence-electron chi connectivity index (χ4n) is 2.98. The highest BCUT2D eigenvalue weighted by Gasteiger charge is 2.18. The maximum atomic E-state index is 12.3. The van der Waals surface area contributed by atoms with E-state index >= 15 is 0 Å².